The number of urea groups is 1. The molecule has 19 heavy (non-hydrogen) atoms. The molecule has 0 bridgehead atoms. The molecular weight excluding hydrogens is 254 g/mol. The molecule has 0 aromatic rings. The van der Waals surface area contributed by atoms with Crippen molar-refractivity contribution in [3.63, 3.8) is 0 Å². The fraction of sp³-hybridized carbons (Fsp3) is 0.818. The molecule has 110 valence electrons. The number of carbonyl (C=O) groups is 2. The van der Waals surface area contributed by atoms with Gasteiger partial charge < -0.3 is 30.4 Å². The van der Waals surface area contributed by atoms with E-state index in [-0.39, 0.29) is 12.6 Å². The Morgan fingerprint density at radius 2 is 2.11 bits per heavy atom. The van der Waals surface area contributed by atoms with Gasteiger partial charge in [-0.05, 0) is 20.5 Å². The minimum atomic E-state index is -1.33. The van der Waals surface area contributed by atoms with Crippen molar-refractivity contribution < 1.29 is 24.9 Å². The third-order valence-electron chi connectivity index (χ3n) is 3.01. The summed E-state index contributed by atoms with van der Waals surface area (Å²) in [4.78, 5) is 26.0. The Hall–Kier alpha value is -1.38. The number of rotatable bonds is 5. The van der Waals surface area contributed by atoms with Crippen molar-refractivity contribution in [2.24, 2.45) is 0 Å². The standard InChI is InChI=1S/C11H21N3O5/c1-13(2)4-7-3-8(16)5-14(7)11(19)12-9(6-15)10(17)18/h7-9,15-16H,3-6H2,1-2H3,(H,12,19)(H,17,18)/t7?,8?,9-/m1/s1. The van der Waals surface area contributed by atoms with Crippen LogP contribution in [0.5, 0.6) is 0 Å². The van der Waals surface area contributed by atoms with E-state index in [1.807, 2.05) is 19.0 Å². The average Bonchev–Trinajstić information content (AvgIpc) is 2.65. The van der Waals surface area contributed by atoms with Crippen LogP contribution in [0.25, 0.3) is 0 Å². The van der Waals surface area contributed by atoms with E-state index in [0.717, 1.165) is 0 Å². The van der Waals surface area contributed by atoms with Gasteiger partial charge in [0.25, 0.3) is 0 Å². The van der Waals surface area contributed by atoms with E-state index < -0.39 is 30.8 Å². The molecule has 1 saturated heterocycles. The molecule has 1 heterocycles. The third kappa shape index (κ3) is 4.34. The van der Waals surface area contributed by atoms with Crippen molar-refractivity contribution in [2.45, 2.75) is 24.6 Å². The van der Waals surface area contributed by atoms with E-state index in [1.54, 1.807) is 0 Å². The van der Waals surface area contributed by atoms with Crippen molar-refractivity contribution in [3.05, 3.63) is 0 Å². The van der Waals surface area contributed by atoms with Gasteiger partial charge in [-0.15, -0.1) is 0 Å². The highest BCUT2D eigenvalue weighted by Gasteiger charge is 2.35. The molecule has 4 N–H and O–H groups in total. The second kappa shape index (κ2) is 6.69. The van der Waals surface area contributed by atoms with Crippen molar-refractivity contribution in [3.8, 4) is 0 Å². The Morgan fingerprint density at radius 3 is 2.58 bits per heavy atom. The summed E-state index contributed by atoms with van der Waals surface area (Å²) in [5.74, 6) is -1.29. The summed E-state index contributed by atoms with van der Waals surface area (Å²) in [5.41, 5.74) is 0. The zero-order valence-corrected chi connectivity index (χ0v) is 11.1. The number of hydrogen-bond donors (Lipinski definition) is 4. The van der Waals surface area contributed by atoms with Gasteiger partial charge in [-0.2, -0.15) is 0 Å². The molecule has 0 aromatic heterocycles. The topological polar surface area (TPSA) is 113 Å². The lowest BCUT2D eigenvalue weighted by molar-refractivity contribution is -0.140. The van der Waals surface area contributed by atoms with Gasteiger partial charge in [-0.25, -0.2) is 9.59 Å². The summed E-state index contributed by atoms with van der Waals surface area (Å²) in [6.07, 6.45) is -0.143. The number of hydrogen-bond acceptors (Lipinski definition) is 5. The highest BCUT2D eigenvalue weighted by Crippen LogP contribution is 2.18. The van der Waals surface area contributed by atoms with Gasteiger partial charge >= 0.3 is 12.0 Å². The normalized spacial score (nSPS) is 24.6. The number of likely N-dealkylation sites (tertiary alicyclic amines) is 1. The fourth-order valence-electron chi connectivity index (χ4n) is 2.15. The molecule has 1 fully saturated rings. The van der Waals surface area contributed by atoms with E-state index >= 15 is 0 Å². The fourth-order valence-corrected chi connectivity index (χ4v) is 2.15. The van der Waals surface area contributed by atoms with Crippen LogP contribution in [0.15, 0.2) is 0 Å². The summed E-state index contributed by atoms with van der Waals surface area (Å²) < 4.78 is 0. The maximum absolute atomic E-state index is 12.0. The number of likely N-dealkylation sites (N-methyl/N-ethyl adjacent to an activating group) is 1. The number of aliphatic hydroxyl groups excluding tert-OH is 2. The summed E-state index contributed by atoms with van der Waals surface area (Å²) in [6, 6.07) is -2.08. The van der Waals surface area contributed by atoms with E-state index in [4.69, 9.17) is 10.2 Å². The molecule has 0 radical (unpaired) electrons. The van der Waals surface area contributed by atoms with E-state index in [0.29, 0.717) is 13.0 Å². The molecule has 0 saturated carbocycles. The number of nitrogens with zero attached hydrogens (tertiary/aromatic N) is 2. The molecule has 1 aliphatic rings. The number of nitrogens with one attached hydrogen (secondary N) is 1. The summed E-state index contributed by atoms with van der Waals surface area (Å²) in [5, 5.41) is 29.5. The Morgan fingerprint density at radius 1 is 1.47 bits per heavy atom. The van der Waals surface area contributed by atoms with Gasteiger partial charge in [0.1, 0.15) is 0 Å². The van der Waals surface area contributed by atoms with Crippen molar-refractivity contribution in [1.82, 2.24) is 15.1 Å². The summed E-state index contributed by atoms with van der Waals surface area (Å²) in [7, 11) is 3.71. The second-order valence-electron chi connectivity index (χ2n) is 4.98. The number of aliphatic hydroxyl groups is 2. The molecular formula is C11H21N3O5. The quantitative estimate of drug-likeness (QED) is 0.468. The number of carboxylic acids is 1. The van der Waals surface area contributed by atoms with Gasteiger partial charge in [0.15, 0.2) is 6.04 Å². The number of aliphatic carboxylic acids is 1. The highest BCUT2D eigenvalue weighted by molar-refractivity contribution is 5.83. The molecule has 0 spiro atoms. The SMILES string of the molecule is CN(C)CC1CC(O)CN1C(=O)N[C@H](CO)C(=O)O. The van der Waals surface area contributed by atoms with Crippen LogP contribution in [0.2, 0.25) is 0 Å². The Kier molecular flexibility index (Phi) is 5.52. The van der Waals surface area contributed by atoms with Crippen LogP contribution in [0.3, 0.4) is 0 Å². The Balaban J connectivity index is 2.65. The first kappa shape index (κ1) is 15.7. The van der Waals surface area contributed by atoms with Crippen molar-refractivity contribution >= 4 is 12.0 Å². The zero-order valence-electron chi connectivity index (χ0n) is 11.1. The van der Waals surface area contributed by atoms with Crippen LogP contribution < -0.4 is 5.32 Å². The molecule has 8 heteroatoms. The predicted octanol–water partition coefficient (Wildman–Crippen LogP) is -1.86. The van der Waals surface area contributed by atoms with E-state index in [2.05, 4.69) is 5.32 Å². The maximum atomic E-state index is 12.0. The molecule has 0 aliphatic carbocycles. The zero-order chi connectivity index (χ0) is 14.6. The van der Waals surface area contributed by atoms with Gasteiger partial charge in [-0.3, -0.25) is 0 Å². The minimum Gasteiger partial charge on any atom is -0.480 e. The van der Waals surface area contributed by atoms with Gasteiger partial charge in [0.2, 0.25) is 0 Å². The molecule has 8 nitrogen and oxygen atoms in total. The maximum Gasteiger partial charge on any atom is 0.328 e. The first-order valence-corrected chi connectivity index (χ1v) is 6.08. The van der Waals surface area contributed by atoms with Crippen molar-refractivity contribution in [1.29, 1.82) is 0 Å². The monoisotopic (exact) mass is 275 g/mol. The third-order valence-corrected chi connectivity index (χ3v) is 3.01. The Labute approximate surface area is 111 Å². The van der Waals surface area contributed by atoms with Gasteiger partial charge in [-0.1, -0.05) is 0 Å². The number of amides is 2. The van der Waals surface area contributed by atoms with Crippen LogP contribution in [0, 0.1) is 0 Å². The Bertz CT molecular complexity index is 336. The largest absolute Gasteiger partial charge is 0.480 e. The van der Waals surface area contributed by atoms with E-state index in [9.17, 15) is 14.7 Å². The first-order valence-electron chi connectivity index (χ1n) is 6.08. The molecule has 3 atom stereocenters. The van der Waals surface area contributed by atoms with Gasteiger partial charge in [0.05, 0.1) is 12.7 Å². The molecule has 1 aliphatic heterocycles. The summed E-state index contributed by atoms with van der Waals surface area (Å²) >= 11 is 0. The predicted molar refractivity (Wildman–Crippen MR) is 66.7 cm³/mol. The highest BCUT2D eigenvalue weighted by atomic mass is 16.4. The van der Waals surface area contributed by atoms with E-state index in [1.165, 1.54) is 4.90 Å². The lowest BCUT2D eigenvalue weighted by Gasteiger charge is -2.28. The van der Waals surface area contributed by atoms with Crippen LogP contribution in [0.1, 0.15) is 6.42 Å². The van der Waals surface area contributed by atoms with Gasteiger partial charge in [0, 0.05) is 19.1 Å². The van der Waals surface area contributed by atoms with Crippen LogP contribution >= 0.6 is 0 Å². The first-order chi connectivity index (χ1) is 8.85. The average molecular weight is 275 g/mol. The lowest BCUT2D eigenvalue weighted by Crippen LogP contribution is -2.52. The van der Waals surface area contributed by atoms with Crippen LogP contribution in [-0.4, -0.2) is 89.1 Å². The summed E-state index contributed by atoms with van der Waals surface area (Å²) in [6.45, 7) is 0.0826. The number of carbonyl (C=O) groups excluding carboxylic acids is 1. The number of β-amino-alcohol motifs (C(OH)–C–C–N with tert-alkyl or cyclic N) is 1. The molecule has 2 amide bonds. The lowest BCUT2D eigenvalue weighted by atomic mass is 10.2. The smallest absolute Gasteiger partial charge is 0.328 e. The minimum absolute atomic E-state index is 0.168. The van der Waals surface area contributed by atoms with Crippen LogP contribution in [-0.2, 0) is 4.79 Å². The van der Waals surface area contributed by atoms with Crippen LogP contribution in [0.4, 0.5) is 4.79 Å². The van der Waals surface area contributed by atoms with Crippen molar-refractivity contribution in [2.75, 3.05) is 33.8 Å². The second-order valence-corrected chi connectivity index (χ2v) is 4.98. The molecule has 2 unspecified atom stereocenters. The number of carboxylic acid groups (broad SMARTS) is 1. The molecule has 0 aromatic carbocycles. The molecule has 1 rings (SSSR count).